The van der Waals surface area contributed by atoms with Crippen molar-refractivity contribution in [3.8, 4) is 0 Å². The molecule has 1 aliphatic rings. The van der Waals surface area contributed by atoms with Gasteiger partial charge >= 0.3 is 0 Å². The molecule has 1 saturated heterocycles. The molecule has 4 heteroatoms. The number of morpholine rings is 1. The molecule has 2 rings (SSSR count). The van der Waals surface area contributed by atoms with Gasteiger partial charge in [0.05, 0.1) is 13.2 Å². The predicted octanol–water partition coefficient (Wildman–Crippen LogP) is 2.00. The highest BCUT2D eigenvalue weighted by Gasteiger charge is 2.13. The number of benzene rings is 1. The first kappa shape index (κ1) is 15.0. The van der Waals surface area contributed by atoms with Crippen LogP contribution < -0.4 is 0 Å². The standard InChI is InChI=1S/C16H24N2O2/c1-3-18(4-2)16(19)15-7-5-14(6-8-15)13-17-9-11-20-12-10-17/h5-8H,3-4,9-13H2,1-2H3. The lowest BCUT2D eigenvalue weighted by molar-refractivity contribution is 0.0342. The summed E-state index contributed by atoms with van der Waals surface area (Å²) >= 11 is 0. The van der Waals surface area contributed by atoms with Gasteiger partial charge in [0.1, 0.15) is 0 Å². The van der Waals surface area contributed by atoms with E-state index in [2.05, 4.69) is 17.0 Å². The maximum atomic E-state index is 12.2. The molecule has 1 amide bonds. The Morgan fingerprint density at radius 2 is 1.75 bits per heavy atom. The molecule has 1 aliphatic heterocycles. The van der Waals surface area contributed by atoms with Gasteiger partial charge < -0.3 is 9.64 Å². The molecule has 0 N–H and O–H groups in total. The van der Waals surface area contributed by atoms with Gasteiger partial charge in [-0.3, -0.25) is 9.69 Å². The number of carbonyl (C=O) groups excluding carboxylic acids is 1. The molecule has 0 aromatic heterocycles. The average molecular weight is 276 g/mol. The number of rotatable bonds is 5. The van der Waals surface area contributed by atoms with Gasteiger partial charge in [-0.2, -0.15) is 0 Å². The van der Waals surface area contributed by atoms with E-state index in [9.17, 15) is 4.79 Å². The van der Waals surface area contributed by atoms with E-state index < -0.39 is 0 Å². The van der Waals surface area contributed by atoms with Crippen LogP contribution in [0.15, 0.2) is 24.3 Å². The van der Waals surface area contributed by atoms with Crippen LogP contribution in [0.25, 0.3) is 0 Å². The molecule has 1 aromatic rings. The number of amides is 1. The van der Waals surface area contributed by atoms with E-state index in [1.807, 2.05) is 30.9 Å². The fourth-order valence-corrected chi connectivity index (χ4v) is 2.46. The number of carbonyl (C=O) groups is 1. The van der Waals surface area contributed by atoms with Crippen LogP contribution in [0.4, 0.5) is 0 Å². The normalized spacial score (nSPS) is 16.1. The lowest BCUT2D eigenvalue weighted by Gasteiger charge is -2.26. The van der Waals surface area contributed by atoms with Gasteiger partial charge in [0.25, 0.3) is 5.91 Å². The quantitative estimate of drug-likeness (QED) is 0.824. The molecule has 0 spiro atoms. The Bertz CT molecular complexity index is 421. The zero-order valence-electron chi connectivity index (χ0n) is 12.5. The smallest absolute Gasteiger partial charge is 0.253 e. The van der Waals surface area contributed by atoms with Crippen LogP contribution in [-0.4, -0.2) is 55.1 Å². The number of ether oxygens (including phenoxy) is 1. The molecular formula is C16H24N2O2. The van der Waals surface area contributed by atoms with Crippen molar-refractivity contribution in [3.63, 3.8) is 0 Å². The number of nitrogens with zero attached hydrogens (tertiary/aromatic N) is 2. The zero-order valence-corrected chi connectivity index (χ0v) is 12.5. The predicted molar refractivity (Wildman–Crippen MR) is 79.8 cm³/mol. The van der Waals surface area contributed by atoms with Gasteiger partial charge in [-0.25, -0.2) is 0 Å². The molecule has 0 atom stereocenters. The highest BCUT2D eigenvalue weighted by atomic mass is 16.5. The maximum absolute atomic E-state index is 12.2. The Labute approximate surface area is 121 Å². The summed E-state index contributed by atoms with van der Waals surface area (Å²) < 4.78 is 5.35. The zero-order chi connectivity index (χ0) is 14.4. The van der Waals surface area contributed by atoms with Gasteiger partial charge in [-0.15, -0.1) is 0 Å². The van der Waals surface area contributed by atoms with Crippen LogP contribution in [0.1, 0.15) is 29.8 Å². The monoisotopic (exact) mass is 276 g/mol. The van der Waals surface area contributed by atoms with Gasteiger partial charge in [-0.05, 0) is 31.5 Å². The molecule has 1 heterocycles. The third-order valence-electron chi connectivity index (χ3n) is 3.76. The fraction of sp³-hybridized carbons (Fsp3) is 0.562. The van der Waals surface area contributed by atoms with E-state index >= 15 is 0 Å². The molecule has 4 nitrogen and oxygen atoms in total. The van der Waals surface area contributed by atoms with Gasteiger partial charge in [-0.1, -0.05) is 12.1 Å². The summed E-state index contributed by atoms with van der Waals surface area (Å²) in [4.78, 5) is 16.4. The van der Waals surface area contributed by atoms with E-state index in [1.165, 1.54) is 5.56 Å². The van der Waals surface area contributed by atoms with Crippen molar-refractivity contribution in [1.29, 1.82) is 0 Å². The highest BCUT2D eigenvalue weighted by molar-refractivity contribution is 5.94. The molecule has 110 valence electrons. The van der Waals surface area contributed by atoms with Crippen molar-refractivity contribution in [1.82, 2.24) is 9.80 Å². The van der Waals surface area contributed by atoms with Crippen LogP contribution in [0.5, 0.6) is 0 Å². The van der Waals surface area contributed by atoms with E-state index in [-0.39, 0.29) is 5.91 Å². The van der Waals surface area contributed by atoms with Crippen molar-refractivity contribution in [2.75, 3.05) is 39.4 Å². The minimum absolute atomic E-state index is 0.118. The largest absolute Gasteiger partial charge is 0.379 e. The SMILES string of the molecule is CCN(CC)C(=O)c1ccc(CN2CCOCC2)cc1. The van der Waals surface area contributed by atoms with E-state index in [1.54, 1.807) is 0 Å². The summed E-state index contributed by atoms with van der Waals surface area (Å²) in [5, 5.41) is 0. The summed E-state index contributed by atoms with van der Waals surface area (Å²) in [6.45, 7) is 10.1. The van der Waals surface area contributed by atoms with Crippen LogP contribution in [0, 0.1) is 0 Å². The Morgan fingerprint density at radius 3 is 2.30 bits per heavy atom. The minimum Gasteiger partial charge on any atom is -0.379 e. The van der Waals surface area contributed by atoms with Crippen molar-refractivity contribution in [2.45, 2.75) is 20.4 Å². The molecule has 1 aromatic carbocycles. The number of hydrogen-bond acceptors (Lipinski definition) is 3. The molecule has 1 fully saturated rings. The average Bonchev–Trinajstić information content (AvgIpc) is 2.50. The Hall–Kier alpha value is -1.39. The third kappa shape index (κ3) is 3.81. The summed E-state index contributed by atoms with van der Waals surface area (Å²) in [5.74, 6) is 0.118. The second-order valence-electron chi connectivity index (χ2n) is 5.06. The summed E-state index contributed by atoms with van der Waals surface area (Å²) in [6, 6.07) is 8.01. The molecular weight excluding hydrogens is 252 g/mol. The molecule has 0 bridgehead atoms. The van der Waals surface area contributed by atoms with E-state index in [0.717, 1.165) is 51.5 Å². The van der Waals surface area contributed by atoms with Crippen LogP contribution >= 0.6 is 0 Å². The minimum atomic E-state index is 0.118. The Balaban J connectivity index is 1.96. The van der Waals surface area contributed by atoms with Gasteiger partial charge in [0, 0.05) is 38.3 Å². The topological polar surface area (TPSA) is 32.8 Å². The van der Waals surface area contributed by atoms with Crippen LogP contribution in [-0.2, 0) is 11.3 Å². The summed E-state index contributed by atoms with van der Waals surface area (Å²) in [7, 11) is 0. The number of hydrogen-bond donors (Lipinski definition) is 0. The summed E-state index contributed by atoms with van der Waals surface area (Å²) in [6.07, 6.45) is 0. The first-order chi connectivity index (χ1) is 9.74. The van der Waals surface area contributed by atoms with Crippen molar-refractivity contribution >= 4 is 5.91 Å². The Morgan fingerprint density at radius 1 is 1.15 bits per heavy atom. The van der Waals surface area contributed by atoms with Crippen molar-refractivity contribution in [2.24, 2.45) is 0 Å². The summed E-state index contributed by atoms with van der Waals surface area (Å²) in [5.41, 5.74) is 2.03. The molecule has 0 saturated carbocycles. The first-order valence-electron chi connectivity index (χ1n) is 7.43. The van der Waals surface area contributed by atoms with Crippen LogP contribution in [0.2, 0.25) is 0 Å². The lowest BCUT2D eigenvalue weighted by atomic mass is 10.1. The fourth-order valence-electron chi connectivity index (χ4n) is 2.46. The second-order valence-corrected chi connectivity index (χ2v) is 5.06. The molecule has 0 aliphatic carbocycles. The van der Waals surface area contributed by atoms with Gasteiger partial charge in [0.2, 0.25) is 0 Å². The second kappa shape index (κ2) is 7.41. The first-order valence-corrected chi connectivity index (χ1v) is 7.43. The molecule has 0 radical (unpaired) electrons. The third-order valence-corrected chi connectivity index (χ3v) is 3.76. The van der Waals surface area contributed by atoms with Crippen LogP contribution in [0.3, 0.4) is 0 Å². The van der Waals surface area contributed by atoms with Crippen molar-refractivity contribution < 1.29 is 9.53 Å². The van der Waals surface area contributed by atoms with E-state index in [0.29, 0.717) is 0 Å². The lowest BCUT2D eigenvalue weighted by Crippen LogP contribution is -2.35. The molecule has 20 heavy (non-hydrogen) atoms. The maximum Gasteiger partial charge on any atom is 0.253 e. The molecule has 0 unspecified atom stereocenters. The Kier molecular flexibility index (Phi) is 5.56. The van der Waals surface area contributed by atoms with Crippen molar-refractivity contribution in [3.05, 3.63) is 35.4 Å². The van der Waals surface area contributed by atoms with Gasteiger partial charge in [0.15, 0.2) is 0 Å². The highest BCUT2D eigenvalue weighted by Crippen LogP contribution is 2.11. The van der Waals surface area contributed by atoms with E-state index in [4.69, 9.17) is 4.74 Å².